The fourth-order valence-electron chi connectivity index (χ4n) is 1.65. The van der Waals surface area contributed by atoms with Gasteiger partial charge in [0.15, 0.2) is 0 Å². The third kappa shape index (κ3) is 2.60. The molecule has 0 aliphatic heterocycles. The van der Waals surface area contributed by atoms with E-state index in [0.29, 0.717) is 16.8 Å². The largest absolute Gasteiger partial charge is 0.398 e. The van der Waals surface area contributed by atoms with E-state index in [2.05, 4.69) is 10.6 Å². The topological polar surface area (TPSA) is 72.2 Å². The van der Waals surface area contributed by atoms with Gasteiger partial charge in [-0.25, -0.2) is 8.42 Å². The molecular formula is C12H16N2O2S. The predicted molar refractivity (Wildman–Crippen MR) is 69.1 cm³/mol. The summed E-state index contributed by atoms with van der Waals surface area (Å²) in [5.41, 5.74) is 8.34. The zero-order chi connectivity index (χ0) is 13.2. The van der Waals surface area contributed by atoms with E-state index in [1.807, 2.05) is 6.92 Å². The van der Waals surface area contributed by atoms with E-state index >= 15 is 0 Å². The SMILES string of the molecule is C#CCNS(=O)(=O)c1c(C)c(C)cc(N)c1C. The Balaban J connectivity index is 3.47. The smallest absolute Gasteiger partial charge is 0.242 e. The van der Waals surface area contributed by atoms with E-state index in [1.54, 1.807) is 19.9 Å². The molecule has 0 heterocycles. The third-order valence-corrected chi connectivity index (χ3v) is 4.38. The van der Waals surface area contributed by atoms with Crippen LogP contribution in [-0.2, 0) is 10.0 Å². The molecule has 3 N–H and O–H groups in total. The van der Waals surface area contributed by atoms with Crippen molar-refractivity contribution in [1.29, 1.82) is 0 Å². The number of hydrogen-bond acceptors (Lipinski definition) is 3. The second kappa shape index (κ2) is 4.78. The van der Waals surface area contributed by atoms with Crippen molar-refractivity contribution >= 4 is 15.7 Å². The highest BCUT2D eigenvalue weighted by Gasteiger charge is 2.21. The molecule has 92 valence electrons. The molecule has 0 unspecified atom stereocenters. The van der Waals surface area contributed by atoms with Gasteiger partial charge < -0.3 is 5.73 Å². The van der Waals surface area contributed by atoms with Gasteiger partial charge in [-0.3, -0.25) is 0 Å². The van der Waals surface area contributed by atoms with Gasteiger partial charge in [-0.1, -0.05) is 5.92 Å². The summed E-state index contributed by atoms with van der Waals surface area (Å²) in [6.07, 6.45) is 5.05. The number of hydrogen-bond donors (Lipinski definition) is 2. The Hall–Kier alpha value is -1.51. The molecule has 0 amide bonds. The fourth-order valence-corrected chi connectivity index (χ4v) is 3.16. The van der Waals surface area contributed by atoms with Crippen LogP contribution < -0.4 is 10.5 Å². The van der Waals surface area contributed by atoms with Crippen LogP contribution in [0.2, 0.25) is 0 Å². The van der Waals surface area contributed by atoms with Crippen molar-refractivity contribution in [3.8, 4) is 12.3 Å². The number of nitrogens with two attached hydrogens (primary N) is 1. The first-order valence-electron chi connectivity index (χ1n) is 5.10. The van der Waals surface area contributed by atoms with Crippen molar-refractivity contribution in [2.45, 2.75) is 25.7 Å². The second-order valence-corrected chi connectivity index (χ2v) is 5.59. The van der Waals surface area contributed by atoms with E-state index in [9.17, 15) is 8.42 Å². The van der Waals surface area contributed by atoms with Crippen molar-refractivity contribution in [3.63, 3.8) is 0 Å². The maximum atomic E-state index is 12.1. The number of benzene rings is 1. The molecular weight excluding hydrogens is 236 g/mol. The van der Waals surface area contributed by atoms with Gasteiger partial charge in [-0.2, -0.15) is 4.72 Å². The molecule has 1 rings (SSSR count). The molecule has 17 heavy (non-hydrogen) atoms. The lowest BCUT2D eigenvalue weighted by Crippen LogP contribution is -2.26. The molecule has 0 saturated heterocycles. The molecule has 0 saturated carbocycles. The van der Waals surface area contributed by atoms with Gasteiger partial charge >= 0.3 is 0 Å². The number of aryl methyl sites for hydroxylation is 1. The Kier molecular flexibility index (Phi) is 3.81. The Morgan fingerprint density at radius 2 is 1.94 bits per heavy atom. The van der Waals surface area contributed by atoms with E-state index in [4.69, 9.17) is 12.2 Å². The molecule has 0 spiro atoms. The van der Waals surface area contributed by atoms with E-state index in [1.165, 1.54) is 0 Å². The van der Waals surface area contributed by atoms with Crippen LogP contribution in [0.3, 0.4) is 0 Å². The Bertz CT molecular complexity index is 557. The highest BCUT2D eigenvalue weighted by Crippen LogP contribution is 2.27. The van der Waals surface area contributed by atoms with Gasteiger partial charge in [0.05, 0.1) is 11.4 Å². The van der Waals surface area contributed by atoms with Gasteiger partial charge in [0.2, 0.25) is 10.0 Å². The Labute approximate surface area is 102 Å². The highest BCUT2D eigenvalue weighted by atomic mass is 32.2. The van der Waals surface area contributed by atoms with E-state index < -0.39 is 10.0 Å². The maximum absolute atomic E-state index is 12.1. The molecule has 1 aromatic rings. The van der Waals surface area contributed by atoms with Crippen LogP contribution in [0.1, 0.15) is 16.7 Å². The predicted octanol–water partition coefficient (Wildman–Crippen LogP) is 1.11. The minimum absolute atomic E-state index is 0.0327. The molecule has 0 atom stereocenters. The highest BCUT2D eigenvalue weighted by molar-refractivity contribution is 7.89. The Morgan fingerprint density at radius 3 is 2.47 bits per heavy atom. The first-order valence-corrected chi connectivity index (χ1v) is 6.59. The van der Waals surface area contributed by atoms with Gasteiger partial charge in [0, 0.05) is 5.69 Å². The number of terminal acetylenes is 1. The lowest BCUT2D eigenvalue weighted by Gasteiger charge is -2.15. The summed E-state index contributed by atoms with van der Waals surface area (Å²) < 4.78 is 26.5. The lowest BCUT2D eigenvalue weighted by atomic mass is 10.1. The summed E-state index contributed by atoms with van der Waals surface area (Å²) >= 11 is 0. The molecule has 0 bridgehead atoms. The standard InChI is InChI=1S/C12H16N2O2S/c1-5-6-14-17(15,16)12-9(3)8(2)7-11(13)10(12)4/h1,7,14H,6,13H2,2-4H3. The second-order valence-electron chi connectivity index (χ2n) is 3.89. The van der Waals surface area contributed by atoms with Crippen LogP contribution in [-0.4, -0.2) is 15.0 Å². The summed E-state index contributed by atoms with van der Waals surface area (Å²) in [5, 5.41) is 0. The Morgan fingerprint density at radius 1 is 1.35 bits per heavy atom. The molecule has 1 aromatic carbocycles. The fraction of sp³-hybridized carbons (Fsp3) is 0.333. The quantitative estimate of drug-likeness (QED) is 0.625. The maximum Gasteiger partial charge on any atom is 0.242 e. The first-order chi connectivity index (χ1) is 7.81. The zero-order valence-electron chi connectivity index (χ0n) is 10.2. The average molecular weight is 252 g/mol. The van der Waals surface area contributed by atoms with Crippen molar-refractivity contribution in [1.82, 2.24) is 4.72 Å². The van der Waals surface area contributed by atoms with Gasteiger partial charge in [0.25, 0.3) is 0 Å². The van der Waals surface area contributed by atoms with Gasteiger partial charge in [-0.05, 0) is 43.5 Å². The number of anilines is 1. The van der Waals surface area contributed by atoms with E-state index in [0.717, 1.165) is 5.56 Å². The molecule has 4 nitrogen and oxygen atoms in total. The van der Waals surface area contributed by atoms with Crippen LogP contribution in [0.15, 0.2) is 11.0 Å². The normalized spacial score (nSPS) is 11.2. The number of rotatable bonds is 3. The first kappa shape index (κ1) is 13.6. The molecule has 0 aliphatic rings. The molecule has 5 heteroatoms. The summed E-state index contributed by atoms with van der Waals surface area (Å²) in [5.74, 6) is 2.24. The molecule has 0 aliphatic carbocycles. The van der Waals surface area contributed by atoms with Crippen LogP contribution in [0.4, 0.5) is 5.69 Å². The summed E-state index contributed by atoms with van der Waals surface area (Å²) in [6, 6.07) is 1.77. The van der Waals surface area contributed by atoms with E-state index in [-0.39, 0.29) is 11.4 Å². The monoisotopic (exact) mass is 252 g/mol. The van der Waals surface area contributed by atoms with Crippen molar-refractivity contribution in [2.75, 3.05) is 12.3 Å². The minimum Gasteiger partial charge on any atom is -0.398 e. The van der Waals surface area contributed by atoms with Crippen LogP contribution >= 0.6 is 0 Å². The minimum atomic E-state index is -3.60. The van der Waals surface area contributed by atoms with Gasteiger partial charge in [-0.15, -0.1) is 6.42 Å². The van der Waals surface area contributed by atoms with Crippen molar-refractivity contribution in [3.05, 3.63) is 22.8 Å². The number of nitrogens with one attached hydrogen (secondary N) is 1. The van der Waals surface area contributed by atoms with Crippen LogP contribution in [0, 0.1) is 33.1 Å². The molecule has 0 radical (unpaired) electrons. The number of nitrogen functional groups attached to an aromatic ring is 1. The van der Waals surface area contributed by atoms with Gasteiger partial charge in [0.1, 0.15) is 0 Å². The third-order valence-electron chi connectivity index (χ3n) is 2.71. The van der Waals surface area contributed by atoms with Crippen LogP contribution in [0.25, 0.3) is 0 Å². The van der Waals surface area contributed by atoms with Crippen molar-refractivity contribution < 1.29 is 8.42 Å². The summed E-state index contributed by atoms with van der Waals surface area (Å²) in [6.45, 7) is 5.23. The zero-order valence-corrected chi connectivity index (χ0v) is 11.0. The van der Waals surface area contributed by atoms with Crippen molar-refractivity contribution in [2.24, 2.45) is 0 Å². The average Bonchev–Trinajstić information content (AvgIpc) is 2.24. The van der Waals surface area contributed by atoms with Crippen LogP contribution in [0.5, 0.6) is 0 Å². The summed E-state index contributed by atoms with van der Waals surface area (Å²) in [7, 11) is -3.60. The lowest BCUT2D eigenvalue weighted by molar-refractivity contribution is 0.584. The number of sulfonamides is 1. The summed E-state index contributed by atoms with van der Waals surface area (Å²) in [4.78, 5) is 0.227. The molecule has 0 aromatic heterocycles. The molecule has 0 fully saturated rings.